The number of carbonyl (C=O) groups excluding carboxylic acids is 1. The number of carbonyl (C=O) groups is 1. The van der Waals surface area contributed by atoms with Crippen LogP contribution in [0.2, 0.25) is 0 Å². The first-order valence-corrected chi connectivity index (χ1v) is 8.80. The summed E-state index contributed by atoms with van der Waals surface area (Å²) in [6, 6.07) is 5.73. The molecule has 0 heterocycles. The lowest BCUT2D eigenvalue weighted by Gasteiger charge is -2.39. The van der Waals surface area contributed by atoms with Gasteiger partial charge in [0, 0.05) is 24.1 Å². The second-order valence-electron chi connectivity index (χ2n) is 7.32. The molecular weight excluding hydrogens is 306 g/mol. The topological polar surface area (TPSA) is 67.8 Å². The quantitative estimate of drug-likeness (QED) is 0.840. The molecule has 2 saturated carbocycles. The van der Waals surface area contributed by atoms with Crippen LogP contribution in [0.25, 0.3) is 0 Å². The number of methoxy groups -OCH3 is 1. The number of aliphatic hydroxyl groups is 1. The van der Waals surface area contributed by atoms with Gasteiger partial charge in [0.2, 0.25) is 5.91 Å². The molecule has 0 radical (unpaired) electrons. The van der Waals surface area contributed by atoms with Crippen LogP contribution in [-0.4, -0.2) is 29.8 Å². The fourth-order valence-electron chi connectivity index (χ4n) is 3.62. The van der Waals surface area contributed by atoms with Crippen molar-refractivity contribution in [2.24, 2.45) is 5.92 Å². The van der Waals surface area contributed by atoms with Gasteiger partial charge in [-0.05, 0) is 57.6 Å². The molecule has 1 aromatic carbocycles. The number of amides is 1. The van der Waals surface area contributed by atoms with Crippen LogP contribution in [0.5, 0.6) is 11.5 Å². The molecule has 2 aliphatic rings. The van der Waals surface area contributed by atoms with Crippen molar-refractivity contribution in [3.05, 3.63) is 23.8 Å². The molecule has 3 rings (SSSR count). The molecule has 0 spiro atoms. The summed E-state index contributed by atoms with van der Waals surface area (Å²) in [7, 11) is 1.64. The van der Waals surface area contributed by atoms with Crippen molar-refractivity contribution in [2.75, 3.05) is 7.11 Å². The Morgan fingerprint density at radius 2 is 2.04 bits per heavy atom. The average Bonchev–Trinajstić information content (AvgIpc) is 3.04. The van der Waals surface area contributed by atoms with Gasteiger partial charge < -0.3 is 19.9 Å². The van der Waals surface area contributed by atoms with Gasteiger partial charge in [0.15, 0.2) is 0 Å². The van der Waals surface area contributed by atoms with Gasteiger partial charge in [0.25, 0.3) is 0 Å². The van der Waals surface area contributed by atoms with Crippen LogP contribution in [0.4, 0.5) is 0 Å². The van der Waals surface area contributed by atoms with Gasteiger partial charge in [-0.3, -0.25) is 4.79 Å². The zero-order valence-electron chi connectivity index (χ0n) is 14.5. The smallest absolute Gasteiger partial charge is 0.223 e. The maximum Gasteiger partial charge on any atom is 0.223 e. The maximum atomic E-state index is 12.2. The first-order valence-electron chi connectivity index (χ1n) is 8.80. The highest BCUT2D eigenvalue weighted by Gasteiger charge is 2.42. The van der Waals surface area contributed by atoms with E-state index in [4.69, 9.17) is 9.47 Å². The van der Waals surface area contributed by atoms with E-state index in [0.717, 1.165) is 29.9 Å². The molecule has 0 aromatic heterocycles. The molecule has 0 atom stereocenters. The van der Waals surface area contributed by atoms with Crippen LogP contribution in [0.3, 0.4) is 0 Å². The molecule has 1 amide bonds. The number of nitrogens with one attached hydrogen (secondary N) is 1. The van der Waals surface area contributed by atoms with Gasteiger partial charge in [0.05, 0.1) is 18.8 Å². The minimum absolute atomic E-state index is 0.00385. The average molecular weight is 333 g/mol. The highest BCUT2D eigenvalue weighted by molar-refractivity contribution is 5.80. The van der Waals surface area contributed by atoms with Crippen LogP contribution in [-0.2, 0) is 11.3 Å². The summed E-state index contributed by atoms with van der Waals surface area (Å²) in [4.78, 5) is 12.2. The summed E-state index contributed by atoms with van der Waals surface area (Å²) < 4.78 is 11.4. The summed E-state index contributed by atoms with van der Waals surface area (Å²) in [6.45, 7) is 2.21. The summed E-state index contributed by atoms with van der Waals surface area (Å²) in [5.41, 5.74) is 0.279. The van der Waals surface area contributed by atoms with Crippen molar-refractivity contribution in [3.8, 4) is 11.5 Å². The van der Waals surface area contributed by atoms with E-state index in [1.165, 1.54) is 12.8 Å². The van der Waals surface area contributed by atoms with Crippen LogP contribution in [0, 0.1) is 5.92 Å². The Labute approximate surface area is 143 Å². The van der Waals surface area contributed by atoms with Gasteiger partial charge in [0.1, 0.15) is 11.5 Å². The Morgan fingerprint density at radius 3 is 2.67 bits per heavy atom. The lowest BCUT2D eigenvalue weighted by Crippen LogP contribution is -2.48. The first-order chi connectivity index (χ1) is 11.5. The SMILES string of the molecule is COc1ccc(CNC(=O)C2CC(C)(O)C2)c(OC2CCCC2)c1. The molecule has 2 aliphatic carbocycles. The van der Waals surface area contributed by atoms with E-state index in [-0.39, 0.29) is 17.9 Å². The Kier molecular flexibility index (Phi) is 4.99. The van der Waals surface area contributed by atoms with Crippen molar-refractivity contribution in [1.82, 2.24) is 5.32 Å². The third kappa shape index (κ3) is 4.01. The second-order valence-corrected chi connectivity index (χ2v) is 7.32. The van der Waals surface area contributed by atoms with E-state index in [0.29, 0.717) is 19.4 Å². The molecule has 5 nitrogen and oxygen atoms in total. The maximum absolute atomic E-state index is 12.2. The molecule has 0 bridgehead atoms. The van der Waals surface area contributed by atoms with E-state index in [9.17, 15) is 9.90 Å². The van der Waals surface area contributed by atoms with Crippen LogP contribution in [0.1, 0.15) is 51.0 Å². The lowest BCUT2D eigenvalue weighted by atomic mass is 9.72. The first kappa shape index (κ1) is 17.1. The van der Waals surface area contributed by atoms with Crippen LogP contribution < -0.4 is 14.8 Å². The van der Waals surface area contributed by atoms with Crippen molar-refractivity contribution < 1.29 is 19.4 Å². The largest absolute Gasteiger partial charge is 0.497 e. The number of hydrogen-bond donors (Lipinski definition) is 2. The monoisotopic (exact) mass is 333 g/mol. The standard InChI is InChI=1S/C19H27NO4/c1-19(22)10-14(11-19)18(21)20-12-13-7-8-16(23-2)9-17(13)24-15-5-3-4-6-15/h7-9,14-15,22H,3-6,10-12H2,1-2H3,(H,20,21). The number of rotatable bonds is 6. The number of ether oxygens (including phenoxy) is 2. The van der Waals surface area contributed by atoms with E-state index in [1.54, 1.807) is 14.0 Å². The summed E-state index contributed by atoms with van der Waals surface area (Å²) in [6.07, 6.45) is 5.92. The molecule has 5 heteroatoms. The van der Waals surface area contributed by atoms with Gasteiger partial charge in [-0.15, -0.1) is 0 Å². The molecule has 132 valence electrons. The minimum atomic E-state index is -0.682. The molecule has 2 fully saturated rings. The van der Waals surface area contributed by atoms with Crippen molar-refractivity contribution >= 4 is 5.91 Å². The Balaban J connectivity index is 1.62. The van der Waals surface area contributed by atoms with Crippen molar-refractivity contribution in [1.29, 1.82) is 0 Å². The predicted molar refractivity (Wildman–Crippen MR) is 91.1 cm³/mol. The summed E-state index contributed by atoms with van der Waals surface area (Å²) in [5, 5.41) is 12.7. The molecule has 1 aromatic rings. The predicted octanol–water partition coefficient (Wildman–Crippen LogP) is 2.79. The van der Waals surface area contributed by atoms with E-state index in [2.05, 4.69) is 5.32 Å². The third-order valence-corrected chi connectivity index (χ3v) is 5.07. The Morgan fingerprint density at radius 1 is 1.33 bits per heavy atom. The zero-order valence-corrected chi connectivity index (χ0v) is 14.5. The summed E-state index contributed by atoms with van der Waals surface area (Å²) >= 11 is 0. The van der Waals surface area contributed by atoms with Crippen molar-refractivity contribution in [2.45, 2.75) is 63.7 Å². The highest BCUT2D eigenvalue weighted by Crippen LogP contribution is 2.37. The second kappa shape index (κ2) is 7.01. The molecule has 0 unspecified atom stereocenters. The van der Waals surface area contributed by atoms with Crippen LogP contribution in [0.15, 0.2) is 18.2 Å². The number of hydrogen-bond acceptors (Lipinski definition) is 4. The fourth-order valence-corrected chi connectivity index (χ4v) is 3.62. The normalized spacial score (nSPS) is 26.7. The number of benzene rings is 1. The molecule has 2 N–H and O–H groups in total. The van der Waals surface area contributed by atoms with Gasteiger partial charge >= 0.3 is 0 Å². The third-order valence-electron chi connectivity index (χ3n) is 5.07. The Hall–Kier alpha value is -1.75. The molecular formula is C19H27NO4. The van der Waals surface area contributed by atoms with Gasteiger partial charge in [-0.1, -0.05) is 0 Å². The molecule has 24 heavy (non-hydrogen) atoms. The highest BCUT2D eigenvalue weighted by atomic mass is 16.5. The molecule has 0 aliphatic heterocycles. The summed E-state index contributed by atoms with van der Waals surface area (Å²) in [5.74, 6) is 1.47. The van der Waals surface area contributed by atoms with Crippen LogP contribution >= 0.6 is 0 Å². The minimum Gasteiger partial charge on any atom is -0.497 e. The molecule has 0 saturated heterocycles. The van der Waals surface area contributed by atoms with E-state index >= 15 is 0 Å². The van der Waals surface area contributed by atoms with Gasteiger partial charge in [-0.2, -0.15) is 0 Å². The fraction of sp³-hybridized carbons (Fsp3) is 0.632. The van der Waals surface area contributed by atoms with Crippen molar-refractivity contribution in [3.63, 3.8) is 0 Å². The van der Waals surface area contributed by atoms with E-state index in [1.807, 2.05) is 18.2 Å². The lowest BCUT2D eigenvalue weighted by molar-refractivity contribution is -0.139. The van der Waals surface area contributed by atoms with Gasteiger partial charge in [-0.25, -0.2) is 0 Å². The zero-order chi connectivity index (χ0) is 17.2. The van der Waals surface area contributed by atoms with E-state index < -0.39 is 5.60 Å². The Bertz CT molecular complexity index is 585.